The second kappa shape index (κ2) is 5.51. The van der Waals surface area contributed by atoms with Crippen molar-refractivity contribution in [2.24, 2.45) is 0 Å². The Kier molecular flexibility index (Phi) is 4.31. The highest BCUT2D eigenvalue weighted by atomic mass is 35.5. The monoisotopic (exact) mass is 225 g/mol. The van der Waals surface area contributed by atoms with E-state index in [-0.39, 0.29) is 24.7 Å². The molecule has 1 amide bonds. The van der Waals surface area contributed by atoms with Gasteiger partial charge in [-0.05, 0) is 24.6 Å². The Bertz CT molecular complexity index is 359. The standard InChI is InChI=1S/C11H12ClNO2/c1-8(14)7-13-11(15)6-9-2-4-10(12)5-3-9/h2-5H,6-7H2,1H3,(H,13,15). The van der Waals surface area contributed by atoms with E-state index in [1.807, 2.05) is 0 Å². The summed E-state index contributed by atoms with van der Waals surface area (Å²) in [6.45, 7) is 1.52. The molecule has 0 bridgehead atoms. The van der Waals surface area contributed by atoms with Crippen LogP contribution in [0.2, 0.25) is 5.02 Å². The maximum absolute atomic E-state index is 11.3. The lowest BCUT2D eigenvalue weighted by Crippen LogP contribution is -2.29. The summed E-state index contributed by atoms with van der Waals surface area (Å²) in [6.07, 6.45) is 0.268. The topological polar surface area (TPSA) is 46.2 Å². The van der Waals surface area contributed by atoms with Crippen LogP contribution in [-0.2, 0) is 16.0 Å². The van der Waals surface area contributed by atoms with Crippen LogP contribution in [0.3, 0.4) is 0 Å². The van der Waals surface area contributed by atoms with E-state index in [0.717, 1.165) is 5.56 Å². The number of benzene rings is 1. The second-order valence-corrected chi connectivity index (χ2v) is 3.72. The van der Waals surface area contributed by atoms with Gasteiger partial charge in [0, 0.05) is 5.02 Å². The van der Waals surface area contributed by atoms with E-state index < -0.39 is 0 Å². The Hall–Kier alpha value is -1.35. The molecule has 0 aliphatic carbocycles. The van der Waals surface area contributed by atoms with Crippen molar-refractivity contribution in [2.45, 2.75) is 13.3 Å². The van der Waals surface area contributed by atoms with E-state index in [2.05, 4.69) is 5.32 Å². The van der Waals surface area contributed by atoms with Gasteiger partial charge in [0.2, 0.25) is 5.91 Å². The first kappa shape index (κ1) is 11.7. The predicted molar refractivity (Wildman–Crippen MR) is 58.8 cm³/mol. The first-order valence-electron chi connectivity index (χ1n) is 4.58. The zero-order valence-corrected chi connectivity index (χ0v) is 9.17. The maximum Gasteiger partial charge on any atom is 0.224 e. The number of rotatable bonds is 4. The number of carbonyl (C=O) groups excluding carboxylic acids is 2. The van der Waals surface area contributed by atoms with Crippen molar-refractivity contribution in [1.82, 2.24) is 5.32 Å². The Morgan fingerprint density at radius 1 is 1.27 bits per heavy atom. The quantitative estimate of drug-likeness (QED) is 0.846. The summed E-state index contributed by atoms with van der Waals surface area (Å²) in [4.78, 5) is 21.9. The lowest BCUT2D eigenvalue weighted by atomic mass is 10.1. The van der Waals surface area contributed by atoms with Gasteiger partial charge in [-0.3, -0.25) is 9.59 Å². The summed E-state index contributed by atoms with van der Waals surface area (Å²) < 4.78 is 0. The lowest BCUT2D eigenvalue weighted by Gasteiger charge is -2.02. The van der Waals surface area contributed by atoms with Gasteiger partial charge in [0.15, 0.2) is 0 Å². The molecule has 0 aliphatic heterocycles. The minimum absolute atomic E-state index is 0.0561. The molecule has 4 heteroatoms. The molecule has 1 N–H and O–H groups in total. The van der Waals surface area contributed by atoms with Crippen molar-refractivity contribution in [1.29, 1.82) is 0 Å². The fourth-order valence-corrected chi connectivity index (χ4v) is 1.20. The zero-order chi connectivity index (χ0) is 11.3. The molecule has 80 valence electrons. The predicted octanol–water partition coefficient (Wildman–Crippen LogP) is 1.59. The van der Waals surface area contributed by atoms with Crippen LogP contribution in [0.15, 0.2) is 24.3 Å². The molecule has 0 unspecified atom stereocenters. The molecule has 3 nitrogen and oxygen atoms in total. The van der Waals surface area contributed by atoms with Gasteiger partial charge >= 0.3 is 0 Å². The number of ketones is 1. The Morgan fingerprint density at radius 2 is 1.87 bits per heavy atom. The fraction of sp³-hybridized carbons (Fsp3) is 0.273. The van der Waals surface area contributed by atoms with E-state index in [9.17, 15) is 9.59 Å². The fourth-order valence-electron chi connectivity index (χ4n) is 1.07. The van der Waals surface area contributed by atoms with Crippen LogP contribution in [0.1, 0.15) is 12.5 Å². The van der Waals surface area contributed by atoms with Crippen molar-refractivity contribution in [2.75, 3.05) is 6.54 Å². The average molecular weight is 226 g/mol. The molecule has 0 aliphatic rings. The SMILES string of the molecule is CC(=O)CNC(=O)Cc1ccc(Cl)cc1. The molecule has 0 heterocycles. The van der Waals surface area contributed by atoms with Crippen LogP contribution in [0, 0.1) is 0 Å². The zero-order valence-electron chi connectivity index (χ0n) is 8.42. The van der Waals surface area contributed by atoms with Gasteiger partial charge in [0.05, 0.1) is 13.0 Å². The Balaban J connectivity index is 2.44. The third kappa shape index (κ3) is 4.61. The molecule has 1 rings (SSSR count). The van der Waals surface area contributed by atoms with Crippen molar-refractivity contribution < 1.29 is 9.59 Å². The first-order valence-corrected chi connectivity index (χ1v) is 4.96. The Morgan fingerprint density at radius 3 is 2.40 bits per heavy atom. The smallest absolute Gasteiger partial charge is 0.224 e. The van der Waals surface area contributed by atoms with Gasteiger partial charge < -0.3 is 5.32 Å². The van der Waals surface area contributed by atoms with Gasteiger partial charge in [-0.25, -0.2) is 0 Å². The van der Waals surface area contributed by atoms with Crippen molar-refractivity contribution >= 4 is 23.3 Å². The summed E-state index contributed by atoms with van der Waals surface area (Å²) in [5, 5.41) is 3.17. The molecular formula is C11H12ClNO2. The highest BCUT2D eigenvalue weighted by molar-refractivity contribution is 6.30. The van der Waals surface area contributed by atoms with Crippen LogP contribution < -0.4 is 5.32 Å². The number of nitrogens with one attached hydrogen (secondary N) is 1. The van der Waals surface area contributed by atoms with E-state index in [1.165, 1.54) is 6.92 Å². The maximum atomic E-state index is 11.3. The normalized spacial score (nSPS) is 9.73. The van der Waals surface area contributed by atoms with Gasteiger partial charge in [0.25, 0.3) is 0 Å². The molecule has 0 fully saturated rings. The van der Waals surface area contributed by atoms with Crippen LogP contribution in [0.4, 0.5) is 0 Å². The number of carbonyl (C=O) groups is 2. The molecule has 0 radical (unpaired) electrons. The van der Waals surface area contributed by atoms with Crippen molar-refractivity contribution in [3.05, 3.63) is 34.9 Å². The summed E-state index contributed by atoms with van der Waals surface area (Å²) in [5.41, 5.74) is 0.875. The highest BCUT2D eigenvalue weighted by Crippen LogP contribution is 2.09. The second-order valence-electron chi connectivity index (χ2n) is 3.28. The average Bonchev–Trinajstić information content (AvgIpc) is 2.19. The molecule has 0 saturated carbocycles. The minimum atomic E-state index is -0.160. The number of hydrogen-bond acceptors (Lipinski definition) is 2. The number of Topliss-reactive ketones (excluding diaryl/α,β-unsaturated/α-hetero) is 1. The molecule has 15 heavy (non-hydrogen) atoms. The molecule has 0 atom stereocenters. The van der Waals surface area contributed by atoms with Gasteiger partial charge in [-0.1, -0.05) is 23.7 Å². The summed E-state index contributed by atoms with van der Waals surface area (Å²) in [5.74, 6) is -0.216. The Labute approximate surface area is 93.4 Å². The summed E-state index contributed by atoms with van der Waals surface area (Å²) in [6, 6.07) is 7.04. The van der Waals surface area contributed by atoms with Gasteiger partial charge in [0.1, 0.15) is 5.78 Å². The van der Waals surface area contributed by atoms with Gasteiger partial charge in [-0.15, -0.1) is 0 Å². The van der Waals surface area contributed by atoms with E-state index in [4.69, 9.17) is 11.6 Å². The van der Waals surface area contributed by atoms with Crippen LogP contribution in [-0.4, -0.2) is 18.2 Å². The third-order valence-electron chi connectivity index (χ3n) is 1.81. The molecule has 0 saturated heterocycles. The van der Waals surface area contributed by atoms with Crippen LogP contribution in [0.5, 0.6) is 0 Å². The van der Waals surface area contributed by atoms with Crippen LogP contribution in [0.25, 0.3) is 0 Å². The largest absolute Gasteiger partial charge is 0.349 e. The number of halogens is 1. The molecule has 0 spiro atoms. The third-order valence-corrected chi connectivity index (χ3v) is 2.06. The van der Waals surface area contributed by atoms with E-state index in [1.54, 1.807) is 24.3 Å². The summed E-state index contributed by atoms with van der Waals surface area (Å²) >= 11 is 5.71. The van der Waals surface area contributed by atoms with E-state index in [0.29, 0.717) is 5.02 Å². The van der Waals surface area contributed by atoms with Crippen molar-refractivity contribution in [3.8, 4) is 0 Å². The first-order chi connectivity index (χ1) is 7.08. The molecule has 1 aromatic rings. The lowest BCUT2D eigenvalue weighted by molar-refractivity contribution is -0.124. The molecule has 0 aromatic heterocycles. The minimum Gasteiger partial charge on any atom is -0.349 e. The number of amides is 1. The number of hydrogen-bond donors (Lipinski definition) is 1. The molecular weight excluding hydrogens is 214 g/mol. The van der Waals surface area contributed by atoms with Crippen LogP contribution >= 0.6 is 11.6 Å². The molecule has 1 aromatic carbocycles. The van der Waals surface area contributed by atoms with E-state index >= 15 is 0 Å². The van der Waals surface area contributed by atoms with Gasteiger partial charge in [-0.2, -0.15) is 0 Å². The van der Waals surface area contributed by atoms with Crippen molar-refractivity contribution in [3.63, 3.8) is 0 Å². The highest BCUT2D eigenvalue weighted by Gasteiger charge is 2.03. The summed E-state index contributed by atoms with van der Waals surface area (Å²) in [7, 11) is 0.